The number of likely N-dealkylation sites (N-methyl/N-ethyl adjacent to an activating group) is 1. The number of hydrogen-bond donors (Lipinski definition) is 0. The molecule has 0 fully saturated rings. The third-order valence-electron chi connectivity index (χ3n) is 2.87. The van der Waals surface area contributed by atoms with Crippen molar-refractivity contribution in [2.45, 2.75) is 12.3 Å². The topological polar surface area (TPSA) is 3.24 Å². The molecule has 0 aliphatic heterocycles. The second-order valence-electron chi connectivity index (χ2n) is 4.13. The molecule has 0 bridgehead atoms. The number of halogens is 2. The summed E-state index contributed by atoms with van der Waals surface area (Å²) in [6.45, 7) is 0.783. The number of benzene rings is 1. The van der Waals surface area contributed by atoms with Gasteiger partial charge in [-0.25, -0.2) is 4.39 Å². The summed E-state index contributed by atoms with van der Waals surface area (Å²) in [6, 6.07) is 9.18. The number of nitrogens with zero attached hydrogens (tertiary/aromatic N) is 1. The van der Waals surface area contributed by atoms with E-state index in [2.05, 4.69) is 11.4 Å². The highest BCUT2D eigenvalue weighted by atomic mass is 35.5. The zero-order valence-electron chi connectivity index (χ0n) is 10.2. The van der Waals surface area contributed by atoms with Crippen molar-refractivity contribution >= 4 is 28.6 Å². The average Bonchev–Trinajstić information content (AvgIpc) is 2.88. The minimum atomic E-state index is -0.207. The van der Waals surface area contributed by atoms with Crippen LogP contribution in [0.2, 0.25) is 0 Å². The largest absolute Gasteiger partial charge is 0.372 e. The van der Waals surface area contributed by atoms with Gasteiger partial charge < -0.3 is 4.90 Å². The summed E-state index contributed by atoms with van der Waals surface area (Å²) < 4.78 is 13.9. The molecule has 0 radical (unpaired) electrons. The van der Waals surface area contributed by atoms with Crippen molar-refractivity contribution in [1.29, 1.82) is 0 Å². The number of para-hydroxylation sites is 1. The Morgan fingerprint density at radius 3 is 2.78 bits per heavy atom. The molecule has 1 aromatic heterocycles. The van der Waals surface area contributed by atoms with E-state index in [0.717, 1.165) is 18.5 Å². The molecule has 4 heteroatoms. The Labute approximate surface area is 116 Å². The van der Waals surface area contributed by atoms with E-state index in [1.807, 2.05) is 24.1 Å². The van der Waals surface area contributed by atoms with Gasteiger partial charge in [0.25, 0.3) is 0 Å². The summed E-state index contributed by atoms with van der Waals surface area (Å²) in [5.41, 5.74) is 1.45. The van der Waals surface area contributed by atoms with Crippen molar-refractivity contribution in [3.8, 4) is 0 Å². The summed E-state index contributed by atoms with van der Waals surface area (Å²) in [5.74, 6) is 0.123. The molecule has 1 heterocycles. The number of thiophene rings is 1. The molecule has 0 amide bonds. The molecular formula is C14H15ClFNS. The fourth-order valence-electron chi connectivity index (χ4n) is 1.94. The predicted molar refractivity (Wildman–Crippen MR) is 77.3 cm³/mol. The zero-order valence-corrected chi connectivity index (χ0v) is 11.8. The summed E-state index contributed by atoms with van der Waals surface area (Å²) in [4.78, 5) is 3.25. The highest BCUT2D eigenvalue weighted by molar-refractivity contribution is 7.09. The molecule has 0 spiro atoms. The predicted octanol–water partition coefficient (Wildman–Crippen LogP) is 4.30. The lowest BCUT2D eigenvalue weighted by atomic mass is 10.1. The van der Waals surface area contributed by atoms with Gasteiger partial charge in [-0.3, -0.25) is 0 Å². The van der Waals surface area contributed by atoms with E-state index >= 15 is 0 Å². The van der Waals surface area contributed by atoms with Gasteiger partial charge in [-0.15, -0.1) is 22.9 Å². The highest BCUT2D eigenvalue weighted by Crippen LogP contribution is 2.25. The zero-order chi connectivity index (χ0) is 13.0. The highest BCUT2D eigenvalue weighted by Gasteiger charge is 2.12. The van der Waals surface area contributed by atoms with E-state index in [1.165, 1.54) is 10.9 Å². The minimum absolute atomic E-state index is 0.207. The molecular weight excluding hydrogens is 269 g/mol. The molecule has 0 atom stereocenters. The molecule has 2 rings (SSSR count). The van der Waals surface area contributed by atoms with E-state index < -0.39 is 0 Å². The first kappa shape index (κ1) is 13.4. The van der Waals surface area contributed by atoms with Crippen LogP contribution in [0.25, 0.3) is 0 Å². The molecule has 0 unspecified atom stereocenters. The van der Waals surface area contributed by atoms with Crippen molar-refractivity contribution in [1.82, 2.24) is 0 Å². The Morgan fingerprint density at radius 2 is 2.11 bits per heavy atom. The molecule has 2 aromatic rings. The van der Waals surface area contributed by atoms with Crippen molar-refractivity contribution in [2.75, 3.05) is 18.5 Å². The molecule has 0 aliphatic rings. The lowest BCUT2D eigenvalue weighted by molar-refractivity contribution is 0.620. The number of anilines is 1. The normalized spacial score (nSPS) is 10.6. The van der Waals surface area contributed by atoms with Crippen molar-refractivity contribution in [2.24, 2.45) is 0 Å². The van der Waals surface area contributed by atoms with Crippen molar-refractivity contribution < 1.29 is 4.39 Å². The first-order chi connectivity index (χ1) is 8.72. The third-order valence-corrected chi connectivity index (χ3v) is 4.09. The van der Waals surface area contributed by atoms with Gasteiger partial charge in [0.2, 0.25) is 0 Å². The number of hydrogen-bond acceptors (Lipinski definition) is 2. The molecule has 96 valence electrons. The lowest BCUT2D eigenvalue weighted by Gasteiger charge is -2.22. The van der Waals surface area contributed by atoms with Crippen LogP contribution in [0.3, 0.4) is 0 Å². The summed E-state index contributed by atoms with van der Waals surface area (Å²) in [6.07, 6.45) is 0.921. The lowest BCUT2D eigenvalue weighted by Crippen LogP contribution is -2.22. The van der Waals surface area contributed by atoms with Crippen LogP contribution in [0.1, 0.15) is 10.4 Å². The quantitative estimate of drug-likeness (QED) is 0.739. The maximum atomic E-state index is 13.9. The Hall–Kier alpha value is -1.06. The van der Waals surface area contributed by atoms with Crippen LogP contribution in [0, 0.1) is 5.82 Å². The van der Waals surface area contributed by atoms with Crippen LogP contribution >= 0.6 is 22.9 Å². The van der Waals surface area contributed by atoms with Crippen LogP contribution in [0.4, 0.5) is 10.1 Å². The van der Waals surface area contributed by atoms with Gasteiger partial charge in [0, 0.05) is 24.3 Å². The summed E-state index contributed by atoms with van der Waals surface area (Å²) >= 11 is 7.58. The molecule has 0 saturated carbocycles. The van der Waals surface area contributed by atoms with Crippen LogP contribution < -0.4 is 4.90 Å². The van der Waals surface area contributed by atoms with Crippen LogP contribution in [-0.4, -0.2) is 13.6 Å². The number of alkyl halides is 1. The van der Waals surface area contributed by atoms with Crippen LogP contribution in [0.15, 0.2) is 35.7 Å². The van der Waals surface area contributed by atoms with Gasteiger partial charge in [-0.2, -0.15) is 0 Å². The molecule has 0 aliphatic carbocycles. The van der Waals surface area contributed by atoms with E-state index in [-0.39, 0.29) is 5.82 Å². The van der Waals surface area contributed by atoms with E-state index in [1.54, 1.807) is 17.4 Å². The van der Waals surface area contributed by atoms with Crippen LogP contribution in [-0.2, 0) is 12.3 Å². The SMILES string of the molecule is CN(CCc1cccs1)c1c(F)cccc1CCl. The summed E-state index contributed by atoms with van der Waals surface area (Å²) in [5, 5.41) is 2.06. The third kappa shape index (κ3) is 3.03. The van der Waals surface area contributed by atoms with Crippen LogP contribution in [0.5, 0.6) is 0 Å². The van der Waals surface area contributed by atoms with Gasteiger partial charge in [0.1, 0.15) is 5.82 Å². The standard InChI is InChI=1S/C14H15ClFNS/c1-17(8-7-12-5-3-9-18-12)14-11(10-15)4-2-6-13(14)16/h2-6,9H,7-8,10H2,1H3. The maximum absolute atomic E-state index is 13.9. The van der Waals surface area contributed by atoms with E-state index in [0.29, 0.717) is 11.6 Å². The Morgan fingerprint density at radius 1 is 1.28 bits per heavy atom. The molecule has 0 N–H and O–H groups in total. The van der Waals surface area contributed by atoms with Crippen molar-refractivity contribution in [3.05, 3.63) is 52.0 Å². The monoisotopic (exact) mass is 283 g/mol. The van der Waals surface area contributed by atoms with Crippen molar-refractivity contribution in [3.63, 3.8) is 0 Å². The van der Waals surface area contributed by atoms with E-state index in [4.69, 9.17) is 11.6 Å². The Balaban J connectivity index is 2.10. The smallest absolute Gasteiger partial charge is 0.146 e. The maximum Gasteiger partial charge on any atom is 0.146 e. The van der Waals surface area contributed by atoms with Gasteiger partial charge >= 0.3 is 0 Å². The summed E-state index contributed by atoms with van der Waals surface area (Å²) in [7, 11) is 1.90. The fraction of sp³-hybridized carbons (Fsp3) is 0.286. The molecule has 1 aromatic carbocycles. The first-order valence-corrected chi connectivity index (χ1v) is 7.20. The molecule has 18 heavy (non-hydrogen) atoms. The average molecular weight is 284 g/mol. The second-order valence-corrected chi connectivity index (χ2v) is 5.43. The van der Waals surface area contributed by atoms with Gasteiger partial charge in [-0.05, 0) is 29.5 Å². The Bertz CT molecular complexity index is 499. The fourth-order valence-corrected chi connectivity index (χ4v) is 2.85. The first-order valence-electron chi connectivity index (χ1n) is 5.79. The molecule has 0 saturated heterocycles. The Kier molecular flexibility index (Phi) is 4.61. The second kappa shape index (κ2) is 6.21. The van der Waals surface area contributed by atoms with Gasteiger partial charge in [0.15, 0.2) is 0 Å². The van der Waals surface area contributed by atoms with Gasteiger partial charge in [0.05, 0.1) is 5.69 Å². The van der Waals surface area contributed by atoms with Gasteiger partial charge in [-0.1, -0.05) is 18.2 Å². The number of rotatable bonds is 5. The minimum Gasteiger partial charge on any atom is -0.372 e. The van der Waals surface area contributed by atoms with E-state index in [9.17, 15) is 4.39 Å². The molecule has 1 nitrogen and oxygen atoms in total.